The Morgan fingerprint density at radius 3 is 3.33 bits per heavy atom. The highest BCUT2D eigenvalue weighted by molar-refractivity contribution is 5.91. The molecular formula is C10H12N2. The Morgan fingerprint density at radius 2 is 2.50 bits per heavy atom. The number of nitrogen functional groups attached to an aromatic ring is 1. The van der Waals surface area contributed by atoms with Crippen LogP contribution in [0.4, 0.5) is 5.69 Å². The van der Waals surface area contributed by atoms with Crippen LogP contribution in [0.1, 0.15) is 13.7 Å². The summed E-state index contributed by atoms with van der Waals surface area (Å²) in [7, 11) is 0. The molecule has 2 rings (SSSR count). The fourth-order valence-corrected chi connectivity index (χ4v) is 1.29. The third kappa shape index (κ3) is 0.881. The van der Waals surface area contributed by atoms with E-state index in [4.69, 9.17) is 12.6 Å². The third-order valence-corrected chi connectivity index (χ3v) is 1.89. The fraction of sp³-hybridized carbons (Fsp3) is 0.200. The van der Waals surface area contributed by atoms with Crippen molar-refractivity contribution in [2.75, 3.05) is 5.73 Å². The topological polar surface area (TPSA) is 30.9 Å². The van der Waals surface area contributed by atoms with Crippen LogP contribution in [-0.4, -0.2) is 4.57 Å². The van der Waals surface area contributed by atoms with Crippen LogP contribution < -0.4 is 5.73 Å². The van der Waals surface area contributed by atoms with Crippen LogP contribution in [0.3, 0.4) is 0 Å². The lowest BCUT2D eigenvalue weighted by atomic mass is 10.2. The van der Waals surface area contributed by atoms with Crippen LogP contribution in [-0.2, 0) is 6.50 Å². The molecule has 0 aliphatic carbocycles. The van der Waals surface area contributed by atoms with Crippen molar-refractivity contribution in [1.82, 2.24) is 4.57 Å². The molecule has 0 fully saturated rings. The van der Waals surface area contributed by atoms with Gasteiger partial charge in [-0.15, -0.1) is 0 Å². The minimum atomic E-state index is -2.73. The SMILES string of the molecule is [2H]C([2H])([2H])C([2H])([2H])n1ccc2c(N)cccc21. The van der Waals surface area contributed by atoms with E-state index in [0.717, 1.165) is 4.57 Å². The second kappa shape index (κ2) is 2.55. The van der Waals surface area contributed by atoms with Gasteiger partial charge in [0.15, 0.2) is 0 Å². The van der Waals surface area contributed by atoms with Gasteiger partial charge in [0, 0.05) is 30.6 Å². The normalized spacial score (nSPS) is 19.2. The molecule has 12 heavy (non-hydrogen) atoms. The molecule has 1 aromatic heterocycles. The molecule has 2 aromatic rings. The maximum absolute atomic E-state index is 7.71. The molecular weight excluding hydrogens is 148 g/mol. The molecule has 62 valence electrons. The van der Waals surface area contributed by atoms with Crippen LogP contribution in [0.2, 0.25) is 0 Å². The number of aryl methyl sites for hydroxylation is 1. The van der Waals surface area contributed by atoms with Crippen LogP contribution >= 0.6 is 0 Å². The smallest absolute Gasteiger partial charge is 0.0501 e. The van der Waals surface area contributed by atoms with Crippen molar-refractivity contribution in [3.05, 3.63) is 30.5 Å². The summed E-state index contributed by atoms with van der Waals surface area (Å²) in [6.07, 6.45) is 1.41. The van der Waals surface area contributed by atoms with Gasteiger partial charge >= 0.3 is 0 Å². The molecule has 1 heterocycles. The number of fused-ring (bicyclic) bond motifs is 1. The minimum Gasteiger partial charge on any atom is -0.398 e. The number of benzene rings is 1. The molecule has 0 bridgehead atoms. The molecule has 1 aromatic carbocycles. The number of nitrogens with zero attached hydrogens (tertiary/aromatic N) is 1. The maximum atomic E-state index is 7.71. The van der Waals surface area contributed by atoms with Gasteiger partial charge in [0.2, 0.25) is 0 Å². The highest BCUT2D eigenvalue weighted by atomic mass is 14.9. The fourth-order valence-electron chi connectivity index (χ4n) is 1.29. The summed E-state index contributed by atoms with van der Waals surface area (Å²) in [5, 5.41) is 0.653. The van der Waals surface area contributed by atoms with E-state index in [1.165, 1.54) is 6.20 Å². The van der Waals surface area contributed by atoms with Crippen molar-refractivity contribution in [1.29, 1.82) is 0 Å². The number of anilines is 1. The number of hydrogen-bond donors (Lipinski definition) is 1. The van der Waals surface area contributed by atoms with Crippen molar-refractivity contribution in [3.63, 3.8) is 0 Å². The van der Waals surface area contributed by atoms with Gasteiger partial charge in [-0.1, -0.05) is 6.07 Å². The molecule has 0 radical (unpaired) electrons. The average molecular weight is 165 g/mol. The van der Waals surface area contributed by atoms with Gasteiger partial charge in [-0.3, -0.25) is 0 Å². The Morgan fingerprint density at radius 1 is 1.58 bits per heavy atom. The first kappa shape index (κ1) is 3.52. The summed E-state index contributed by atoms with van der Waals surface area (Å²) in [6.45, 7) is -5.19. The minimum absolute atomic E-state index is 0.478. The van der Waals surface area contributed by atoms with Crippen molar-refractivity contribution in [2.45, 2.75) is 13.3 Å². The molecule has 2 nitrogen and oxygen atoms in total. The summed E-state index contributed by atoms with van der Waals surface area (Å²) < 4.78 is 38.3. The number of aromatic nitrogens is 1. The summed E-state index contributed by atoms with van der Waals surface area (Å²) >= 11 is 0. The standard InChI is InChI=1S/C10H12N2/c1-2-12-7-6-8-9(11)4-3-5-10(8)12/h3-7H,2,11H2,1H3/i1D3,2D2. The van der Waals surface area contributed by atoms with Gasteiger partial charge in [0.05, 0.1) is 5.52 Å². The lowest BCUT2D eigenvalue weighted by Gasteiger charge is -2.00. The summed E-state index contributed by atoms with van der Waals surface area (Å²) in [5.74, 6) is 0. The van der Waals surface area contributed by atoms with Crippen molar-refractivity contribution in [3.8, 4) is 0 Å². The van der Waals surface area contributed by atoms with E-state index in [1.807, 2.05) is 0 Å². The molecule has 0 saturated heterocycles. The second-order valence-electron chi connectivity index (χ2n) is 2.58. The van der Waals surface area contributed by atoms with Gasteiger partial charge in [-0.25, -0.2) is 0 Å². The molecule has 2 heteroatoms. The van der Waals surface area contributed by atoms with Crippen LogP contribution in [0.25, 0.3) is 10.9 Å². The Labute approximate surface area is 78.6 Å². The first-order valence-corrected chi connectivity index (χ1v) is 3.61. The largest absolute Gasteiger partial charge is 0.398 e. The predicted octanol–water partition coefficient (Wildman–Crippen LogP) is 2.24. The van der Waals surface area contributed by atoms with Gasteiger partial charge in [0.1, 0.15) is 0 Å². The van der Waals surface area contributed by atoms with E-state index in [1.54, 1.807) is 24.3 Å². The highest BCUT2D eigenvalue weighted by Gasteiger charge is 2.00. The lowest BCUT2D eigenvalue weighted by Crippen LogP contribution is -1.91. The average Bonchev–Trinajstić information content (AvgIpc) is 2.61. The van der Waals surface area contributed by atoms with E-state index in [9.17, 15) is 0 Å². The summed E-state index contributed by atoms with van der Waals surface area (Å²) in [4.78, 5) is 0. The third-order valence-electron chi connectivity index (χ3n) is 1.89. The van der Waals surface area contributed by atoms with Gasteiger partial charge in [-0.2, -0.15) is 0 Å². The first-order chi connectivity index (χ1) is 7.75. The molecule has 0 spiro atoms. The van der Waals surface area contributed by atoms with Crippen LogP contribution in [0.15, 0.2) is 30.5 Å². The molecule has 0 saturated carbocycles. The Kier molecular flexibility index (Phi) is 0.749. The zero-order valence-electron chi connectivity index (χ0n) is 11.4. The molecule has 0 amide bonds. The summed E-state index contributed by atoms with van der Waals surface area (Å²) in [5.41, 5.74) is 6.73. The van der Waals surface area contributed by atoms with Crippen LogP contribution in [0, 0.1) is 0 Å². The van der Waals surface area contributed by atoms with Gasteiger partial charge in [-0.05, 0) is 25.1 Å². The van der Waals surface area contributed by atoms with Crippen molar-refractivity contribution >= 4 is 16.6 Å². The van der Waals surface area contributed by atoms with Crippen LogP contribution in [0.5, 0.6) is 0 Å². The number of rotatable bonds is 1. The lowest BCUT2D eigenvalue weighted by molar-refractivity contribution is 0.798. The van der Waals surface area contributed by atoms with Crippen molar-refractivity contribution in [2.24, 2.45) is 0 Å². The van der Waals surface area contributed by atoms with Crippen molar-refractivity contribution < 1.29 is 6.85 Å². The maximum Gasteiger partial charge on any atom is 0.0501 e. The molecule has 0 atom stereocenters. The zero-order chi connectivity index (χ0) is 12.8. The number of hydrogen-bond acceptors (Lipinski definition) is 1. The Bertz CT molecular complexity index is 555. The molecule has 0 aliphatic heterocycles. The zero-order valence-corrected chi connectivity index (χ0v) is 6.41. The van der Waals surface area contributed by atoms with E-state index in [0.29, 0.717) is 16.6 Å². The van der Waals surface area contributed by atoms with E-state index in [-0.39, 0.29) is 0 Å². The second-order valence-corrected chi connectivity index (χ2v) is 2.58. The Balaban J connectivity index is 2.69. The van der Waals surface area contributed by atoms with E-state index >= 15 is 0 Å². The van der Waals surface area contributed by atoms with Gasteiger partial charge in [0.25, 0.3) is 0 Å². The highest BCUT2D eigenvalue weighted by Crippen LogP contribution is 2.21. The Hall–Kier alpha value is -1.44. The molecule has 2 N–H and O–H groups in total. The molecule has 0 aliphatic rings. The summed E-state index contributed by atoms with van der Waals surface area (Å²) in [6, 6.07) is 6.63. The molecule has 0 unspecified atom stereocenters. The predicted molar refractivity (Wildman–Crippen MR) is 52.0 cm³/mol. The first-order valence-electron chi connectivity index (χ1n) is 6.11. The number of nitrogens with two attached hydrogens (primary N) is 1. The van der Waals surface area contributed by atoms with E-state index < -0.39 is 13.3 Å². The monoisotopic (exact) mass is 165 g/mol. The van der Waals surface area contributed by atoms with Gasteiger partial charge < -0.3 is 10.3 Å². The van der Waals surface area contributed by atoms with E-state index in [2.05, 4.69) is 0 Å². The quantitative estimate of drug-likeness (QED) is 0.645.